The Morgan fingerprint density at radius 1 is 1.00 bits per heavy atom. The first-order chi connectivity index (χ1) is 16.3. The van der Waals surface area contributed by atoms with Gasteiger partial charge in [0.25, 0.3) is 0 Å². The zero-order chi connectivity index (χ0) is 24.1. The van der Waals surface area contributed by atoms with E-state index in [4.69, 9.17) is 9.47 Å². The number of carbonyl (C=O) groups excluding carboxylic acids is 1. The molecule has 4 rings (SSSR count). The Kier molecular flexibility index (Phi) is 7.11. The van der Waals surface area contributed by atoms with E-state index in [2.05, 4.69) is 4.72 Å². The molecule has 0 spiro atoms. The molecule has 2 N–H and O–H groups in total. The van der Waals surface area contributed by atoms with Crippen molar-refractivity contribution in [3.05, 3.63) is 72.3 Å². The van der Waals surface area contributed by atoms with E-state index in [-0.39, 0.29) is 11.3 Å². The molecule has 1 aliphatic heterocycles. The molecule has 0 radical (unpaired) electrons. The van der Waals surface area contributed by atoms with Crippen molar-refractivity contribution < 1.29 is 32.6 Å². The van der Waals surface area contributed by atoms with Gasteiger partial charge in [-0.05, 0) is 47.0 Å². The molecule has 3 aromatic rings. The molecule has 0 aliphatic carbocycles. The standard InChI is InChI=1S/C24H24N2O7S/c27-23(28)22(25-34(30,31)21-10-7-18-3-1-2-4-19(18)16-21)15-17-5-8-20(9-6-17)33-24(29)26-11-13-32-14-12-26/h1-10,16,22,25H,11-15H2,(H,27,28)/t22-/m0/s1. The Labute approximate surface area is 196 Å². The van der Waals surface area contributed by atoms with E-state index in [1.807, 2.05) is 12.1 Å². The smallest absolute Gasteiger partial charge is 0.415 e. The maximum absolute atomic E-state index is 12.9. The highest BCUT2D eigenvalue weighted by Gasteiger charge is 2.26. The van der Waals surface area contributed by atoms with E-state index >= 15 is 0 Å². The second-order valence-electron chi connectivity index (χ2n) is 7.84. The summed E-state index contributed by atoms with van der Waals surface area (Å²) in [5.74, 6) is -0.990. The van der Waals surface area contributed by atoms with E-state index in [9.17, 15) is 23.1 Å². The van der Waals surface area contributed by atoms with Gasteiger partial charge in [-0.2, -0.15) is 4.72 Å². The molecule has 10 heteroatoms. The number of fused-ring (bicyclic) bond motifs is 1. The van der Waals surface area contributed by atoms with Crippen molar-refractivity contribution in [3.63, 3.8) is 0 Å². The molecule has 1 aliphatic rings. The number of rotatable bonds is 7. The average Bonchev–Trinajstić information content (AvgIpc) is 2.84. The van der Waals surface area contributed by atoms with Crippen molar-refractivity contribution in [2.45, 2.75) is 17.4 Å². The number of morpholine rings is 1. The summed E-state index contributed by atoms with van der Waals surface area (Å²) >= 11 is 0. The summed E-state index contributed by atoms with van der Waals surface area (Å²) in [7, 11) is -4.07. The van der Waals surface area contributed by atoms with Gasteiger partial charge in [0, 0.05) is 13.1 Å². The van der Waals surface area contributed by atoms with E-state index in [1.54, 1.807) is 47.4 Å². The van der Waals surface area contributed by atoms with Gasteiger partial charge in [0.15, 0.2) is 0 Å². The molecule has 1 amide bonds. The fraction of sp³-hybridized carbons (Fsp3) is 0.250. The van der Waals surface area contributed by atoms with Crippen LogP contribution in [0.3, 0.4) is 0 Å². The second kappa shape index (κ2) is 10.2. The molecule has 1 fully saturated rings. The van der Waals surface area contributed by atoms with Gasteiger partial charge in [0.1, 0.15) is 11.8 Å². The topological polar surface area (TPSA) is 122 Å². The number of sulfonamides is 1. The Hall–Kier alpha value is -3.47. The van der Waals surface area contributed by atoms with E-state index in [0.717, 1.165) is 10.8 Å². The lowest BCUT2D eigenvalue weighted by atomic mass is 10.1. The number of carboxylic acid groups (broad SMARTS) is 1. The largest absolute Gasteiger partial charge is 0.480 e. The number of carboxylic acids is 1. The molecule has 0 saturated carbocycles. The van der Waals surface area contributed by atoms with Gasteiger partial charge in [-0.25, -0.2) is 13.2 Å². The predicted octanol–water partition coefficient (Wildman–Crippen LogP) is 2.65. The summed E-state index contributed by atoms with van der Waals surface area (Å²) in [6.45, 7) is 1.82. The Morgan fingerprint density at radius 2 is 1.68 bits per heavy atom. The van der Waals surface area contributed by atoms with Crippen LogP contribution in [-0.2, 0) is 26.0 Å². The highest BCUT2D eigenvalue weighted by Crippen LogP contribution is 2.20. The van der Waals surface area contributed by atoms with Crippen molar-refractivity contribution in [3.8, 4) is 5.75 Å². The number of benzene rings is 3. The number of nitrogens with zero attached hydrogens (tertiary/aromatic N) is 1. The summed E-state index contributed by atoms with van der Waals surface area (Å²) in [5.41, 5.74) is 0.569. The van der Waals surface area contributed by atoms with Crippen molar-refractivity contribution in [2.24, 2.45) is 0 Å². The number of nitrogens with one attached hydrogen (secondary N) is 1. The third-order valence-electron chi connectivity index (χ3n) is 5.46. The van der Waals surface area contributed by atoms with Crippen LogP contribution in [0.4, 0.5) is 4.79 Å². The van der Waals surface area contributed by atoms with Crippen LogP contribution in [0.1, 0.15) is 5.56 Å². The molecule has 0 bridgehead atoms. The Balaban J connectivity index is 1.43. The van der Waals surface area contributed by atoms with Gasteiger partial charge in [-0.3, -0.25) is 4.79 Å². The number of amides is 1. The van der Waals surface area contributed by atoms with Crippen molar-refractivity contribution >= 4 is 32.9 Å². The number of carbonyl (C=O) groups is 2. The lowest BCUT2D eigenvalue weighted by molar-refractivity contribution is -0.138. The van der Waals surface area contributed by atoms with Gasteiger partial charge >= 0.3 is 12.1 Å². The maximum atomic E-state index is 12.9. The Morgan fingerprint density at radius 3 is 2.35 bits per heavy atom. The fourth-order valence-corrected chi connectivity index (χ4v) is 4.83. The zero-order valence-electron chi connectivity index (χ0n) is 18.2. The molecule has 0 aromatic heterocycles. The van der Waals surface area contributed by atoms with Gasteiger partial charge in [-0.1, -0.05) is 42.5 Å². The molecule has 1 heterocycles. The summed E-state index contributed by atoms with van der Waals surface area (Å²) < 4.78 is 38.5. The lowest BCUT2D eigenvalue weighted by Crippen LogP contribution is -2.42. The van der Waals surface area contributed by atoms with E-state index in [1.165, 1.54) is 12.1 Å². The van der Waals surface area contributed by atoms with Crippen molar-refractivity contribution in [1.82, 2.24) is 9.62 Å². The van der Waals surface area contributed by atoms with Crippen LogP contribution in [0.2, 0.25) is 0 Å². The minimum absolute atomic E-state index is 0.0113. The quantitative estimate of drug-likeness (QED) is 0.529. The zero-order valence-corrected chi connectivity index (χ0v) is 19.0. The summed E-state index contributed by atoms with van der Waals surface area (Å²) in [4.78, 5) is 25.5. The molecule has 1 atom stereocenters. The average molecular weight is 485 g/mol. The van der Waals surface area contributed by atoms with Crippen LogP contribution < -0.4 is 9.46 Å². The van der Waals surface area contributed by atoms with Crippen LogP contribution in [0, 0.1) is 0 Å². The fourth-order valence-electron chi connectivity index (χ4n) is 3.61. The first-order valence-electron chi connectivity index (χ1n) is 10.7. The van der Waals surface area contributed by atoms with Crippen LogP contribution >= 0.6 is 0 Å². The van der Waals surface area contributed by atoms with Gasteiger partial charge in [0.2, 0.25) is 10.0 Å². The first kappa shape index (κ1) is 23.7. The van der Waals surface area contributed by atoms with Gasteiger partial charge < -0.3 is 19.5 Å². The minimum Gasteiger partial charge on any atom is -0.480 e. The van der Waals surface area contributed by atoms with E-state index in [0.29, 0.717) is 37.6 Å². The third-order valence-corrected chi connectivity index (χ3v) is 6.93. The SMILES string of the molecule is O=C(O)[C@H](Cc1ccc(OC(=O)N2CCOCC2)cc1)NS(=O)(=O)c1ccc2ccccc2c1. The van der Waals surface area contributed by atoms with Gasteiger partial charge in [-0.15, -0.1) is 0 Å². The predicted molar refractivity (Wildman–Crippen MR) is 124 cm³/mol. The van der Waals surface area contributed by atoms with Gasteiger partial charge in [0.05, 0.1) is 18.1 Å². The molecular weight excluding hydrogens is 460 g/mol. The maximum Gasteiger partial charge on any atom is 0.415 e. The third kappa shape index (κ3) is 5.71. The number of hydrogen-bond acceptors (Lipinski definition) is 6. The first-order valence-corrected chi connectivity index (χ1v) is 12.2. The monoisotopic (exact) mass is 484 g/mol. The van der Waals surface area contributed by atoms with Crippen LogP contribution in [0.5, 0.6) is 5.75 Å². The van der Waals surface area contributed by atoms with Crippen LogP contribution in [0.25, 0.3) is 10.8 Å². The van der Waals surface area contributed by atoms with Crippen molar-refractivity contribution in [1.29, 1.82) is 0 Å². The molecule has 178 valence electrons. The molecule has 1 saturated heterocycles. The number of hydrogen-bond donors (Lipinski definition) is 2. The summed E-state index contributed by atoms with van der Waals surface area (Å²) in [6.07, 6.45) is -0.567. The second-order valence-corrected chi connectivity index (χ2v) is 9.55. The molecule has 3 aromatic carbocycles. The highest BCUT2D eigenvalue weighted by atomic mass is 32.2. The summed E-state index contributed by atoms with van der Waals surface area (Å²) in [5, 5.41) is 11.2. The summed E-state index contributed by atoms with van der Waals surface area (Å²) in [6, 6.07) is 16.8. The van der Waals surface area contributed by atoms with Crippen molar-refractivity contribution in [2.75, 3.05) is 26.3 Å². The normalized spacial score (nSPS) is 15.1. The molecule has 9 nitrogen and oxygen atoms in total. The van der Waals surface area contributed by atoms with E-state index < -0.39 is 28.1 Å². The highest BCUT2D eigenvalue weighted by molar-refractivity contribution is 7.89. The lowest BCUT2D eigenvalue weighted by Gasteiger charge is -2.25. The molecular formula is C24H24N2O7S. The number of aliphatic carboxylic acids is 1. The molecule has 0 unspecified atom stereocenters. The Bertz CT molecular complexity index is 1290. The van der Waals surface area contributed by atoms with Crippen LogP contribution in [0.15, 0.2) is 71.6 Å². The minimum atomic E-state index is -4.07. The van der Waals surface area contributed by atoms with Crippen LogP contribution in [-0.4, -0.2) is 62.8 Å². The molecule has 34 heavy (non-hydrogen) atoms. The number of ether oxygens (including phenoxy) is 2.